The monoisotopic (exact) mass is 493 g/mol. The highest BCUT2D eigenvalue weighted by Crippen LogP contribution is 2.31. The second-order valence-electron chi connectivity index (χ2n) is 8.91. The normalized spacial score (nSPS) is 11.9. The zero-order valence-corrected chi connectivity index (χ0v) is 21.2. The second-order valence-corrected chi connectivity index (χ2v) is 9.85. The minimum atomic E-state index is -0.960. The molecule has 0 saturated carbocycles. The highest BCUT2D eigenvalue weighted by molar-refractivity contribution is 7.12. The Labute approximate surface area is 210 Å². The van der Waals surface area contributed by atoms with Crippen molar-refractivity contribution in [2.24, 2.45) is 0 Å². The van der Waals surface area contributed by atoms with Gasteiger partial charge in [0.25, 0.3) is 5.91 Å². The lowest BCUT2D eigenvalue weighted by Crippen LogP contribution is -2.51. The maximum absolute atomic E-state index is 13.7. The molecule has 0 aliphatic carbocycles. The third-order valence-corrected chi connectivity index (χ3v) is 5.81. The molecule has 0 aliphatic rings. The molecule has 8 heteroatoms. The first-order valence-electron chi connectivity index (χ1n) is 11.4. The number of nitrogens with zero attached hydrogens (tertiary/aromatic N) is 1. The van der Waals surface area contributed by atoms with Gasteiger partial charge in [0, 0.05) is 17.3 Å². The molecule has 0 aliphatic heterocycles. The smallest absolute Gasteiger partial charge is 0.261 e. The summed E-state index contributed by atoms with van der Waals surface area (Å²) in [6.45, 7) is 7.71. The number of hydrogen-bond donors (Lipinski definition) is 2. The van der Waals surface area contributed by atoms with Crippen LogP contribution in [-0.2, 0) is 9.59 Å². The molecule has 0 bridgehead atoms. The lowest BCUT2D eigenvalue weighted by Gasteiger charge is -2.34. The van der Waals surface area contributed by atoms with Gasteiger partial charge in [0.2, 0.25) is 11.8 Å². The topological polar surface area (TPSA) is 87.7 Å². The van der Waals surface area contributed by atoms with Crippen LogP contribution in [0.15, 0.2) is 72.1 Å². The van der Waals surface area contributed by atoms with Gasteiger partial charge in [-0.15, -0.1) is 11.3 Å². The van der Waals surface area contributed by atoms with E-state index in [4.69, 9.17) is 4.74 Å². The fraction of sp³-hybridized carbons (Fsp3) is 0.296. The van der Waals surface area contributed by atoms with Crippen molar-refractivity contribution >= 4 is 34.7 Å². The number of amides is 3. The molecule has 0 radical (unpaired) electrons. The molecule has 3 aromatic rings. The van der Waals surface area contributed by atoms with E-state index in [2.05, 4.69) is 10.6 Å². The quantitative estimate of drug-likeness (QED) is 0.457. The van der Waals surface area contributed by atoms with Gasteiger partial charge in [-0.2, -0.15) is 0 Å². The lowest BCUT2D eigenvalue weighted by atomic mass is 10.0. The summed E-state index contributed by atoms with van der Waals surface area (Å²) in [4.78, 5) is 41.7. The average Bonchev–Trinajstić information content (AvgIpc) is 3.35. The number of benzene rings is 2. The standard InChI is InChI=1S/C27H31N3O4S/c1-5-34-21-14-9-13-20(17-21)30(23(31)18-28-25(32)22-15-10-16-35-22)24(19-11-7-6-8-12-19)26(33)29-27(2,3)4/h6-17,24H,5,18H2,1-4H3,(H,28,32)(H,29,33)/t24-/m0/s1. The van der Waals surface area contributed by atoms with Gasteiger partial charge in [-0.05, 0) is 56.8 Å². The van der Waals surface area contributed by atoms with Crippen LogP contribution >= 0.6 is 11.3 Å². The van der Waals surface area contributed by atoms with Crippen molar-refractivity contribution in [3.63, 3.8) is 0 Å². The van der Waals surface area contributed by atoms with Crippen LogP contribution in [0, 0.1) is 0 Å². The van der Waals surface area contributed by atoms with E-state index >= 15 is 0 Å². The van der Waals surface area contributed by atoms with Crippen LogP contribution in [0.25, 0.3) is 0 Å². The van der Waals surface area contributed by atoms with Crippen molar-refractivity contribution in [1.29, 1.82) is 0 Å². The van der Waals surface area contributed by atoms with E-state index in [1.807, 2.05) is 58.0 Å². The van der Waals surface area contributed by atoms with Gasteiger partial charge in [-0.1, -0.05) is 42.5 Å². The van der Waals surface area contributed by atoms with Gasteiger partial charge in [0.15, 0.2) is 0 Å². The predicted octanol–water partition coefficient (Wildman–Crippen LogP) is 4.57. The highest BCUT2D eigenvalue weighted by Gasteiger charge is 2.34. The first-order chi connectivity index (χ1) is 16.7. The molecular formula is C27H31N3O4S. The Bertz CT molecular complexity index is 1140. The van der Waals surface area contributed by atoms with Gasteiger partial charge in [-0.3, -0.25) is 19.3 Å². The Kier molecular flexibility index (Phi) is 8.65. The highest BCUT2D eigenvalue weighted by atomic mass is 32.1. The number of ether oxygens (including phenoxy) is 1. The largest absolute Gasteiger partial charge is 0.494 e. The number of nitrogens with one attached hydrogen (secondary N) is 2. The zero-order chi connectivity index (χ0) is 25.4. The molecule has 1 aromatic heterocycles. The van der Waals surface area contributed by atoms with Crippen LogP contribution in [0.5, 0.6) is 5.75 Å². The summed E-state index contributed by atoms with van der Waals surface area (Å²) in [5.41, 5.74) is 0.623. The first kappa shape index (κ1) is 26.0. The summed E-state index contributed by atoms with van der Waals surface area (Å²) in [7, 11) is 0. The predicted molar refractivity (Wildman–Crippen MR) is 139 cm³/mol. The molecule has 0 unspecified atom stereocenters. The molecule has 0 spiro atoms. The van der Waals surface area contributed by atoms with Crippen molar-refractivity contribution < 1.29 is 19.1 Å². The van der Waals surface area contributed by atoms with Crippen molar-refractivity contribution in [2.75, 3.05) is 18.1 Å². The maximum Gasteiger partial charge on any atom is 0.261 e. The third kappa shape index (κ3) is 7.16. The first-order valence-corrected chi connectivity index (χ1v) is 12.3. The summed E-state index contributed by atoms with van der Waals surface area (Å²) < 4.78 is 5.64. The summed E-state index contributed by atoms with van der Waals surface area (Å²) in [6.07, 6.45) is 0. The van der Waals surface area contributed by atoms with Gasteiger partial charge in [0.1, 0.15) is 11.8 Å². The van der Waals surface area contributed by atoms with Crippen LogP contribution < -0.4 is 20.3 Å². The molecule has 0 saturated heterocycles. The van der Waals surface area contributed by atoms with Crippen LogP contribution in [-0.4, -0.2) is 36.4 Å². The van der Waals surface area contributed by atoms with Crippen molar-refractivity contribution in [1.82, 2.24) is 10.6 Å². The van der Waals surface area contributed by atoms with Crippen LogP contribution in [0.3, 0.4) is 0 Å². The molecule has 7 nitrogen and oxygen atoms in total. The van der Waals surface area contributed by atoms with Crippen LogP contribution in [0.2, 0.25) is 0 Å². The zero-order valence-electron chi connectivity index (χ0n) is 20.4. The second kappa shape index (κ2) is 11.7. The molecular weight excluding hydrogens is 462 g/mol. The number of rotatable bonds is 9. The SMILES string of the molecule is CCOc1cccc(N(C(=O)CNC(=O)c2cccs2)[C@H](C(=O)NC(C)(C)C)c2ccccc2)c1. The maximum atomic E-state index is 13.7. The van der Waals surface area contributed by atoms with E-state index in [-0.39, 0.29) is 18.4 Å². The number of carbonyl (C=O) groups excluding carboxylic acids is 3. The Morgan fingerprint density at radius 3 is 2.37 bits per heavy atom. The van der Waals surface area contributed by atoms with Gasteiger partial charge in [0.05, 0.1) is 18.0 Å². The summed E-state index contributed by atoms with van der Waals surface area (Å²) in [5.74, 6) is -0.523. The molecule has 184 valence electrons. The molecule has 2 aromatic carbocycles. The molecule has 1 heterocycles. The van der Waals surface area contributed by atoms with Crippen molar-refractivity contribution in [2.45, 2.75) is 39.3 Å². The molecule has 3 amide bonds. The minimum absolute atomic E-state index is 0.276. The van der Waals surface area contributed by atoms with Gasteiger partial charge in [-0.25, -0.2) is 0 Å². The van der Waals surface area contributed by atoms with Crippen LogP contribution in [0.1, 0.15) is 49.0 Å². The Morgan fingerprint density at radius 1 is 1.00 bits per heavy atom. The average molecular weight is 494 g/mol. The van der Waals surface area contributed by atoms with E-state index in [1.54, 1.807) is 41.8 Å². The summed E-state index contributed by atoms with van der Waals surface area (Å²) in [5, 5.41) is 7.48. The van der Waals surface area contributed by atoms with Gasteiger partial charge >= 0.3 is 0 Å². The Hall–Kier alpha value is -3.65. The van der Waals surface area contributed by atoms with E-state index in [0.717, 1.165) is 0 Å². The molecule has 3 rings (SSSR count). The van der Waals surface area contributed by atoms with E-state index in [9.17, 15) is 14.4 Å². The summed E-state index contributed by atoms with van der Waals surface area (Å²) >= 11 is 1.29. The summed E-state index contributed by atoms with van der Waals surface area (Å²) in [6, 6.07) is 18.7. The lowest BCUT2D eigenvalue weighted by molar-refractivity contribution is -0.127. The fourth-order valence-corrected chi connectivity index (χ4v) is 4.19. The number of anilines is 1. The van der Waals surface area contributed by atoms with Gasteiger partial charge < -0.3 is 15.4 Å². The van der Waals surface area contributed by atoms with E-state index in [1.165, 1.54) is 16.2 Å². The molecule has 2 N–H and O–H groups in total. The van der Waals surface area contributed by atoms with Crippen LogP contribution in [0.4, 0.5) is 5.69 Å². The minimum Gasteiger partial charge on any atom is -0.494 e. The van der Waals surface area contributed by atoms with E-state index in [0.29, 0.717) is 28.5 Å². The van der Waals surface area contributed by atoms with Crippen molar-refractivity contribution in [3.05, 3.63) is 82.6 Å². The Morgan fingerprint density at radius 2 is 1.74 bits per heavy atom. The third-order valence-electron chi connectivity index (χ3n) is 4.94. The Balaban J connectivity index is 2.02. The van der Waals surface area contributed by atoms with Crippen molar-refractivity contribution in [3.8, 4) is 5.75 Å². The fourth-order valence-electron chi connectivity index (χ4n) is 3.55. The molecule has 35 heavy (non-hydrogen) atoms. The van der Waals surface area contributed by atoms with E-state index < -0.39 is 17.5 Å². The number of carbonyl (C=O) groups is 3. The number of thiophene rings is 1. The number of hydrogen-bond acceptors (Lipinski definition) is 5. The molecule has 0 fully saturated rings. The molecule has 1 atom stereocenters.